The first-order chi connectivity index (χ1) is 10.1. The fraction of sp³-hybridized carbons (Fsp3) is 0.600. The van der Waals surface area contributed by atoms with Gasteiger partial charge in [-0.3, -0.25) is 4.79 Å². The summed E-state index contributed by atoms with van der Waals surface area (Å²) in [5, 5.41) is 10.8. The molecule has 0 aliphatic carbocycles. The minimum Gasteiger partial charge on any atom is -0.481 e. The average molecular weight is 308 g/mol. The highest BCUT2D eigenvalue weighted by atomic mass is 32.1. The van der Waals surface area contributed by atoms with Gasteiger partial charge in [-0.25, -0.2) is 4.79 Å². The number of hydrogen-bond acceptors (Lipinski definition) is 3. The van der Waals surface area contributed by atoms with Gasteiger partial charge in [-0.1, -0.05) is 0 Å². The second-order valence-electron chi connectivity index (χ2n) is 5.86. The quantitative estimate of drug-likeness (QED) is 0.933. The molecule has 1 fully saturated rings. The first-order valence-corrected chi connectivity index (χ1v) is 8.32. The van der Waals surface area contributed by atoms with E-state index in [1.54, 1.807) is 11.3 Å². The van der Waals surface area contributed by atoms with E-state index in [9.17, 15) is 9.59 Å². The van der Waals surface area contributed by atoms with Gasteiger partial charge < -0.3 is 14.9 Å². The third-order valence-electron chi connectivity index (χ3n) is 4.40. The molecule has 1 atom stereocenters. The lowest BCUT2D eigenvalue weighted by molar-refractivity contribution is -0.137. The molecule has 1 unspecified atom stereocenters. The van der Waals surface area contributed by atoms with Crippen LogP contribution in [0, 0.1) is 5.92 Å². The summed E-state index contributed by atoms with van der Waals surface area (Å²) in [5.41, 5.74) is 1.28. The number of thiophene rings is 1. The molecule has 5 nitrogen and oxygen atoms in total. The van der Waals surface area contributed by atoms with Gasteiger partial charge in [0.2, 0.25) is 0 Å². The van der Waals surface area contributed by atoms with Crippen molar-refractivity contribution in [1.29, 1.82) is 0 Å². The second kappa shape index (κ2) is 6.05. The molecule has 1 N–H and O–H groups in total. The molecule has 0 saturated carbocycles. The number of rotatable bonds is 3. The van der Waals surface area contributed by atoms with E-state index in [1.165, 1.54) is 10.4 Å². The van der Waals surface area contributed by atoms with Crippen molar-refractivity contribution in [3.05, 3.63) is 21.9 Å². The van der Waals surface area contributed by atoms with E-state index in [4.69, 9.17) is 5.11 Å². The molecular weight excluding hydrogens is 288 g/mol. The maximum absolute atomic E-state index is 12.6. The van der Waals surface area contributed by atoms with E-state index < -0.39 is 5.97 Å². The molecule has 0 spiro atoms. The maximum Gasteiger partial charge on any atom is 0.320 e. The van der Waals surface area contributed by atoms with Crippen LogP contribution < -0.4 is 0 Å². The summed E-state index contributed by atoms with van der Waals surface area (Å²) in [4.78, 5) is 28.4. The van der Waals surface area contributed by atoms with Crippen LogP contribution in [0.25, 0.3) is 0 Å². The lowest BCUT2D eigenvalue weighted by Crippen LogP contribution is -2.44. The van der Waals surface area contributed by atoms with Gasteiger partial charge in [-0.05, 0) is 42.2 Å². The number of carbonyl (C=O) groups is 2. The van der Waals surface area contributed by atoms with Crippen molar-refractivity contribution < 1.29 is 14.7 Å². The summed E-state index contributed by atoms with van der Waals surface area (Å²) in [6.07, 6.45) is 2.76. The van der Waals surface area contributed by atoms with Crippen LogP contribution in [0.5, 0.6) is 0 Å². The molecule has 0 bridgehead atoms. The van der Waals surface area contributed by atoms with Crippen molar-refractivity contribution in [1.82, 2.24) is 9.80 Å². The first-order valence-electron chi connectivity index (χ1n) is 7.44. The molecule has 3 heterocycles. The van der Waals surface area contributed by atoms with Gasteiger partial charge in [0.1, 0.15) is 0 Å². The van der Waals surface area contributed by atoms with Gasteiger partial charge >= 0.3 is 12.0 Å². The molecule has 2 aliphatic heterocycles. The molecule has 1 aromatic rings. The third kappa shape index (κ3) is 3.20. The molecule has 3 rings (SSSR count). The maximum atomic E-state index is 12.6. The SMILES string of the molecule is O=C(O)CCC1CCN(C(=O)N2CCc3sccc3C2)C1. The molecule has 1 aromatic heterocycles. The molecule has 0 radical (unpaired) electrons. The molecule has 21 heavy (non-hydrogen) atoms. The van der Waals surface area contributed by atoms with Crippen LogP contribution in [-0.4, -0.2) is 46.5 Å². The molecule has 1 saturated heterocycles. The Morgan fingerprint density at radius 1 is 1.33 bits per heavy atom. The van der Waals surface area contributed by atoms with Gasteiger partial charge in [0.15, 0.2) is 0 Å². The summed E-state index contributed by atoms with van der Waals surface area (Å²) in [6, 6.07) is 2.23. The molecule has 0 aromatic carbocycles. The molecule has 114 valence electrons. The Bertz CT molecular complexity index is 543. The Kier molecular flexibility index (Phi) is 4.14. The van der Waals surface area contributed by atoms with Crippen molar-refractivity contribution in [2.75, 3.05) is 19.6 Å². The number of likely N-dealkylation sites (tertiary alicyclic amines) is 1. The van der Waals surface area contributed by atoms with Crippen molar-refractivity contribution in [2.24, 2.45) is 5.92 Å². The predicted octanol–water partition coefficient (Wildman–Crippen LogP) is 2.41. The highest BCUT2D eigenvalue weighted by Crippen LogP contribution is 2.27. The summed E-state index contributed by atoms with van der Waals surface area (Å²) >= 11 is 1.77. The average Bonchev–Trinajstić information content (AvgIpc) is 3.12. The van der Waals surface area contributed by atoms with E-state index >= 15 is 0 Å². The number of aliphatic carboxylic acids is 1. The van der Waals surface area contributed by atoms with E-state index in [-0.39, 0.29) is 12.5 Å². The highest BCUT2D eigenvalue weighted by Gasteiger charge is 2.31. The van der Waals surface area contributed by atoms with Gasteiger partial charge in [-0.15, -0.1) is 11.3 Å². The zero-order chi connectivity index (χ0) is 14.8. The zero-order valence-corrected chi connectivity index (χ0v) is 12.8. The van der Waals surface area contributed by atoms with Crippen molar-refractivity contribution in [3.63, 3.8) is 0 Å². The summed E-state index contributed by atoms with van der Waals surface area (Å²) in [7, 11) is 0. The van der Waals surface area contributed by atoms with Crippen molar-refractivity contribution >= 4 is 23.3 Å². The van der Waals surface area contributed by atoms with Gasteiger partial charge in [0.05, 0.1) is 0 Å². The van der Waals surface area contributed by atoms with Crippen LogP contribution >= 0.6 is 11.3 Å². The highest BCUT2D eigenvalue weighted by molar-refractivity contribution is 7.10. The van der Waals surface area contributed by atoms with Crippen LogP contribution in [0.4, 0.5) is 4.79 Å². The fourth-order valence-corrected chi connectivity index (χ4v) is 4.07. The fourth-order valence-electron chi connectivity index (χ4n) is 3.18. The Balaban J connectivity index is 1.54. The Hall–Kier alpha value is -1.56. The number of fused-ring (bicyclic) bond motifs is 1. The second-order valence-corrected chi connectivity index (χ2v) is 6.86. The number of nitrogens with zero attached hydrogens (tertiary/aromatic N) is 2. The minimum absolute atomic E-state index is 0.115. The van der Waals surface area contributed by atoms with E-state index in [0.717, 1.165) is 25.9 Å². The summed E-state index contributed by atoms with van der Waals surface area (Å²) in [5.74, 6) is -0.410. The zero-order valence-electron chi connectivity index (χ0n) is 12.0. The smallest absolute Gasteiger partial charge is 0.320 e. The van der Waals surface area contributed by atoms with Crippen LogP contribution in [0.1, 0.15) is 29.7 Å². The Morgan fingerprint density at radius 2 is 2.19 bits per heavy atom. The Labute approximate surface area is 128 Å². The van der Waals surface area contributed by atoms with Crippen LogP contribution in [0.2, 0.25) is 0 Å². The number of carbonyl (C=O) groups excluding carboxylic acids is 1. The van der Waals surface area contributed by atoms with Crippen molar-refractivity contribution in [2.45, 2.75) is 32.2 Å². The van der Waals surface area contributed by atoms with Gasteiger partial charge in [0.25, 0.3) is 0 Å². The van der Waals surface area contributed by atoms with E-state index in [2.05, 4.69) is 11.4 Å². The summed E-state index contributed by atoms with van der Waals surface area (Å²) < 4.78 is 0. The number of carboxylic acid groups (broad SMARTS) is 1. The van der Waals surface area contributed by atoms with Gasteiger partial charge in [-0.2, -0.15) is 0 Å². The number of urea groups is 1. The van der Waals surface area contributed by atoms with Crippen LogP contribution in [0.15, 0.2) is 11.4 Å². The standard InChI is InChI=1S/C15H20N2O3S/c18-14(19)2-1-11-3-6-16(9-11)15(20)17-7-4-13-12(10-17)5-8-21-13/h5,8,11H,1-4,6-7,9-10H2,(H,18,19). The lowest BCUT2D eigenvalue weighted by atomic mass is 10.0. The van der Waals surface area contributed by atoms with Crippen LogP contribution in [-0.2, 0) is 17.8 Å². The molecule has 6 heteroatoms. The predicted molar refractivity (Wildman–Crippen MR) is 80.4 cm³/mol. The molecular formula is C15H20N2O3S. The van der Waals surface area contributed by atoms with Crippen molar-refractivity contribution in [3.8, 4) is 0 Å². The Morgan fingerprint density at radius 3 is 3.00 bits per heavy atom. The topological polar surface area (TPSA) is 60.9 Å². The normalized spacial score (nSPS) is 21.4. The number of amides is 2. The lowest BCUT2D eigenvalue weighted by Gasteiger charge is -2.31. The first kappa shape index (κ1) is 14.4. The number of carboxylic acids is 1. The monoisotopic (exact) mass is 308 g/mol. The number of hydrogen-bond donors (Lipinski definition) is 1. The van der Waals surface area contributed by atoms with E-state index in [1.807, 2.05) is 9.80 Å². The summed E-state index contributed by atoms with van der Waals surface area (Å²) in [6.45, 7) is 2.98. The minimum atomic E-state index is -0.749. The van der Waals surface area contributed by atoms with E-state index in [0.29, 0.717) is 25.4 Å². The third-order valence-corrected chi connectivity index (χ3v) is 5.42. The van der Waals surface area contributed by atoms with Crippen LogP contribution in [0.3, 0.4) is 0 Å². The molecule has 2 amide bonds. The largest absolute Gasteiger partial charge is 0.481 e. The molecule has 2 aliphatic rings. The van der Waals surface area contributed by atoms with Gasteiger partial charge in [0, 0.05) is 37.5 Å².